The minimum atomic E-state index is -0.0279. The Labute approximate surface area is 204 Å². The summed E-state index contributed by atoms with van der Waals surface area (Å²) in [5.41, 5.74) is 4.97. The molecule has 0 aliphatic carbocycles. The fourth-order valence-electron chi connectivity index (χ4n) is 5.13. The highest BCUT2D eigenvalue weighted by Gasteiger charge is 2.36. The van der Waals surface area contributed by atoms with Crippen molar-refractivity contribution in [1.29, 1.82) is 5.26 Å². The van der Waals surface area contributed by atoms with Crippen LogP contribution in [0.15, 0.2) is 30.3 Å². The molecule has 2 aliphatic heterocycles. The van der Waals surface area contributed by atoms with Crippen LogP contribution >= 0.6 is 23.2 Å². The maximum absolute atomic E-state index is 13.2. The lowest BCUT2D eigenvalue weighted by molar-refractivity contribution is 0.0334. The lowest BCUT2D eigenvalue weighted by atomic mass is 10.0. The molecule has 0 bridgehead atoms. The van der Waals surface area contributed by atoms with Crippen LogP contribution < -0.4 is 0 Å². The maximum Gasteiger partial charge on any atom is 0.255 e. The number of carbonyl (C=O) groups is 1. The quantitative estimate of drug-likeness (QED) is 0.516. The van der Waals surface area contributed by atoms with Gasteiger partial charge in [0.25, 0.3) is 5.91 Å². The highest BCUT2D eigenvalue weighted by molar-refractivity contribution is 6.38. The van der Waals surface area contributed by atoms with E-state index >= 15 is 0 Å². The molecule has 7 heteroatoms. The number of nitrogens with zero attached hydrogens (tertiary/aromatic N) is 4. The van der Waals surface area contributed by atoms with Gasteiger partial charge in [0, 0.05) is 54.2 Å². The number of nitriles is 1. The molecule has 170 valence electrons. The molecule has 5 nitrogen and oxygen atoms in total. The van der Waals surface area contributed by atoms with Gasteiger partial charge in [-0.05, 0) is 74.3 Å². The number of amides is 1. The van der Waals surface area contributed by atoms with Gasteiger partial charge in [-0.25, -0.2) is 0 Å². The normalized spacial score (nSPS) is 16.9. The van der Waals surface area contributed by atoms with Crippen molar-refractivity contribution in [3.8, 4) is 6.07 Å². The molecular weight excluding hydrogens is 455 g/mol. The van der Waals surface area contributed by atoms with E-state index in [1.54, 1.807) is 12.1 Å². The first-order chi connectivity index (χ1) is 15.9. The molecule has 5 rings (SSSR count). The maximum atomic E-state index is 13.2. The number of carbonyl (C=O) groups excluding carboxylic acids is 1. The number of hydrogen-bond acceptors (Lipinski definition) is 3. The van der Waals surface area contributed by atoms with E-state index in [4.69, 9.17) is 23.2 Å². The monoisotopic (exact) mass is 480 g/mol. The van der Waals surface area contributed by atoms with Gasteiger partial charge in [-0.1, -0.05) is 23.2 Å². The number of likely N-dealkylation sites (tertiary alicyclic amines) is 2. The Morgan fingerprint density at radius 3 is 2.58 bits per heavy atom. The first kappa shape index (κ1) is 22.3. The Morgan fingerprint density at radius 1 is 1.15 bits per heavy atom. The highest BCUT2D eigenvalue weighted by atomic mass is 35.5. The van der Waals surface area contributed by atoms with Crippen molar-refractivity contribution in [2.45, 2.75) is 32.2 Å². The third-order valence-corrected chi connectivity index (χ3v) is 7.96. The number of hydrogen-bond donors (Lipinski definition) is 0. The molecule has 33 heavy (non-hydrogen) atoms. The van der Waals surface area contributed by atoms with Gasteiger partial charge in [0.15, 0.2) is 0 Å². The second-order valence-corrected chi connectivity index (χ2v) is 9.99. The van der Waals surface area contributed by atoms with E-state index < -0.39 is 0 Å². The largest absolute Gasteiger partial charge is 0.347 e. The van der Waals surface area contributed by atoms with Gasteiger partial charge in [-0.2, -0.15) is 5.26 Å². The molecule has 0 atom stereocenters. The molecule has 0 saturated carbocycles. The Kier molecular flexibility index (Phi) is 5.86. The van der Waals surface area contributed by atoms with Crippen molar-refractivity contribution in [3.63, 3.8) is 0 Å². The third-order valence-electron chi connectivity index (χ3n) is 7.18. The second kappa shape index (κ2) is 8.68. The molecule has 2 fully saturated rings. The van der Waals surface area contributed by atoms with Crippen molar-refractivity contribution in [2.75, 3.05) is 26.2 Å². The molecule has 0 spiro atoms. The van der Waals surface area contributed by atoms with Crippen molar-refractivity contribution in [2.24, 2.45) is 7.05 Å². The third kappa shape index (κ3) is 3.91. The summed E-state index contributed by atoms with van der Waals surface area (Å²) in [4.78, 5) is 17.6. The molecule has 3 aromatic rings. The smallest absolute Gasteiger partial charge is 0.255 e. The molecule has 1 aromatic heterocycles. The van der Waals surface area contributed by atoms with E-state index in [0.29, 0.717) is 33.6 Å². The second-order valence-electron chi connectivity index (χ2n) is 9.20. The lowest BCUT2D eigenvalue weighted by Gasteiger charge is -2.44. The molecule has 2 aromatic carbocycles. The van der Waals surface area contributed by atoms with Gasteiger partial charge in [-0.15, -0.1) is 0 Å². The van der Waals surface area contributed by atoms with Crippen molar-refractivity contribution >= 4 is 40.0 Å². The van der Waals surface area contributed by atoms with E-state index in [9.17, 15) is 10.1 Å². The average Bonchev–Trinajstić information content (AvgIpc) is 3.39. The molecule has 0 unspecified atom stereocenters. The zero-order valence-corrected chi connectivity index (χ0v) is 20.4. The van der Waals surface area contributed by atoms with Gasteiger partial charge < -0.3 is 9.47 Å². The summed E-state index contributed by atoms with van der Waals surface area (Å²) >= 11 is 13.3. The minimum Gasteiger partial charge on any atom is -0.347 e. The fourth-order valence-corrected chi connectivity index (χ4v) is 5.72. The van der Waals surface area contributed by atoms with Gasteiger partial charge in [0.1, 0.15) is 0 Å². The topological polar surface area (TPSA) is 52.3 Å². The summed E-state index contributed by atoms with van der Waals surface area (Å²) < 4.78 is 2.07. The number of fused-ring (bicyclic) bond motifs is 1. The van der Waals surface area contributed by atoms with Crippen LogP contribution in [0.2, 0.25) is 10.0 Å². The molecule has 0 radical (unpaired) electrons. The summed E-state index contributed by atoms with van der Waals surface area (Å²) in [6.45, 7) is 5.81. The molecule has 3 heterocycles. The zero-order chi connectivity index (χ0) is 23.3. The van der Waals surface area contributed by atoms with E-state index in [1.165, 1.54) is 12.8 Å². The molecule has 1 amide bonds. The van der Waals surface area contributed by atoms with Crippen LogP contribution in [-0.4, -0.2) is 52.5 Å². The molecular formula is C26H26Cl2N4O. The van der Waals surface area contributed by atoms with Crippen LogP contribution in [0.1, 0.15) is 45.6 Å². The van der Waals surface area contributed by atoms with Gasteiger partial charge in [0.05, 0.1) is 22.2 Å². The van der Waals surface area contributed by atoms with E-state index in [-0.39, 0.29) is 5.91 Å². The summed E-state index contributed by atoms with van der Waals surface area (Å²) in [6, 6.07) is 12.1. The fraction of sp³-hybridized carbons (Fsp3) is 0.385. The van der Waals surface area contributed by atoms with Crippen molar-refractivity contribution in [1.82, 2.24) is 14.4 Å². The van der Waals surface area contributed by atoms with E-state index in [0.717, 1.165) is 53.9 Å². The SMILES string of the molecule is Cc1cc(C#N)cc2c1cc(Cc1c(Cl)ccc(C(=O)N3CC(N4CCCC4)C3)c1Cl)n2C. The summed E-state index contributed by atoms with van der Waals surface area (Å²) in [6.07, 6.45) is 3.01. The number of rotatable bonds is 4. The zero-order valence-electron chi connectivity index (χ0n) is 18.9. The Morgan fingerprint density at radius 2 is 1.88 bits per heavy atom. The van der Waals surface area contributed by atoms with Crippen LogP contribution in [0.5, 0.6) is 0 Å². The van der Waals surface area contributed by atoms with Crippen molar-refractivity contribution < 1.29 is 4.79 Å². The lowest BCUT2D eigenvalue weighted by Crippen LogP contribution is -2.60. The number of aryl methyl sites for hydroxylation is 2. The highest BCUT2D eigenvalue weighted by Crippen LogP contribution is 2.34. The Hall–Kier alpha value is -2.52. The predicted octanol–water partition coefficient (Wildman–Crippen LogP) is 5.18. The molecule has 2 aliphatic rings. The van der Waals surface area contributed by atoms with Crippen molar-refractivity contribution in [3.05, 3.63) is 68.3 Å². The summed E-state index contributed by atoms with van der Waals surface area (Å²) in [7, 11) is 1.98. The Balaban J connectivity index is 1.41. The number of benzene rings is 2. The first-order valence-corrected chi connectivity index (χ1v) is 12.1. The summed E-state index contributed by atoms with van der Waals surface area (Å²) in [5.74, 6) is -0.0279. The van der Waals surface area contributed by atoms with Crippen LogP contribution in [0.3, 0.4) is 0 Å². The standard InChI is InChI=1S/C26H26Cl2N4O/c1-16-9-17(13-29)10-24-21(16)11-18(30(24)2)12-22-23(27)6-5-20(25(22)28)26(33)32-14-19(15-32)31-7-3-4-8-31/h5-6,9-11,19H,3-4,7-8,12,14-15H2,1-2H3. The van der Waals surface area contributed by atoms with Crippen LogP contribution in [0, 0.1) is 18.3 Å². The van der Waals surface area contributed by atoms with Gasteiger partial charge in [-0.3, -0.25) is 9.69 Å². The minimum absolute atomic E-state index is 0.0279. The van der Waals surface area contributed by atoms with E-state index in [2.05, 4.69) is 21.6 Å². The number of aromatic nitrogens is 1. The number of halogens is 2. The average molecular weight is 481 g/mol. The van der Waals surface area contributed by atoms with Crippen LogP contribution in [-0.2, 0) is 13.5 Å². The van der Waals surface area contributed by atoms with E-state index in [1.807, 2.05) is 31.0 Å². The van der Waals surface area contributed by atoms with Crippen LogP contribution in [0.25, 0.3) is 10.9 Å². The van der Waals surface area contributed by atoms with Crippen LogP contribution in [0.4, 0.5) is 0 Å². The summed E-state index contributed by atoms with van der Waals surface area (Å²) in [5, 5.41) is 11.4. The van der Waals surface area contributed by atoms with Gasteiger partial charge in [0.2, 0.25) is 0 Å². The predicted molar refractivity (Wildman–Crippen MR) is 132 cm³/mol. The molecule has 0 N–H and O–H groups in total. The molecule has 2 saturated heterocycles. The van der Waals surface area contributed by atoms with Gasteiger partial charge >= 0.3 is 0 Å². The first-order valence-electron chi connectivity index (χ1n) is 11.4. The Bertz CT molecular complexity index is 1290.